The van der Waals surface area contributed by atoms with Crippen LogP contribution in [-0.2, 0) is 20.9 Å². The van der Waals surface area contributed by atoms with Crippen LogP contribution in [0.4, 0.5) is 5.69 Å². The zero-order chi connectivity index (χ0) is 14.5. The van der Waals surface area contributed by atoms with Gasteiger partial charge in [0, 0.05) is 31.7 Å². The summed E-state index contributed by atoms with van der Waals surface area (Å²) in [6, 6.07) is 7.88. The Bertz CT molecular complexity index is 486. The predicted octanol–water partition coefficient (Wildman–Crippen LogP) is 1.78. The van der Waals surface area contributed by atoms with Crippen molar-refractivity contribution in [3.63, 3.8) is 0 Å². The highest BCUT2D eigenvalue weighted by Crippen LogP contribution is 2.22. The summed E-state index contributed by atoms with van der Waals surface area (Å²) in [5.74, 6) is -0.176. The van der Waals surface area contributed by atoms with Gasteiger partial charge in [-0.25, -0.2) is 0 Å². The van der Waals surface area contributed by atoms with E-state index in [-0.39, 0.29) is 17.9 Å². The molecule has 1 aliphatic rings. The van der Waals surface area contributed by atoms with Gasteiger partial charge in [-0.2, -0.15) is 0 Å². The highest BCUT2D eigenvalue weighted by atomic mass is 16.5. The van der Waals surface area contributed by atoms with Crippen molar-refractivity contribution in [2.75, 3.05) is 19.0 Å². The Morgan fingerprint density at radius 2 is 1.90 bits per heavy atom. The van der Waals surface area contributed by atoms with Crippen molar-refractivity contribution in [3.8, 4) is 0 Å². The van der Waals surface area contributed by atoms with Gasteiger partial charge in [0.25, 0.3) is 0 Å². The van der Waals surface area contributed by atoms with Gasteiger partial charge in [-0.3, -0.25) is 14.5 Å². The van der Waals surface area contributed by atoms with Crippen molar-refractivity contribution in [1.82, 2.24) is 4.90 Å². The number of likely N-dealkylation sites (tertiary alicyclic amines) is 1. The van der Waals surface area contributed by atoms with E-state index in [0.29, 0.717) is 26.0 Å². The van der Waals surface area contributed by atoms with Crippen LogP contribution in [0.25, 0.3) is 0 Å². The molecule has 2 amide bonds. The Morgan fingerprint density at radius 1 is 1.25 bits per heavy atom. The predicted molar refractivity (Wildman–Crippen MR) is 76.2 cm³/mol. The van der Waals surface area contributed by atoms with E-state index in [2.05, 4.69) is 5.32 Å². The van der Waals surface area contributed by atoms with Crippen molar-refractivity contribution in [2.24, 2.45) is 0 Å². The van der Waals surface area contributed by atoms with Crippen LogP contribution in [0, 0.1) is 0 Å². The Hall–Kier alpha value is -1.88. The molecule has 1 fully saturated rings. The number of hydrogen-bond acceptors (Lipinski definition) is 4. The summed E-state index contributed by atoms with van der Waals surface area (Å²) in [5, 5.41) is 3.34. The molecule has 1 unspecified atom stereocenters. The SMILES string of the molecule is COCC(C)Nc1ccccc1CN1C(=O)CCC1=O. The van der Waals surface area contributed by atoms with Crippen LogP contribution in [0.2, 0.25) is 0 Å². The molecule has 108 valence electrons. The number of imide groups is 1. The van der Waals surface area contributed by atoms with Gasteiger partial charge >= 0.3 is 0 Å². The third-order valence-corrected chi connectivity index (χ3v) is 3.32. The average molecular weight is 276 g/mol. The lowest BCUT2D eigenvalue weighted by Gasteiger charge is -2.20. The molecule has 1 atom stereocenters. The van der Waals surface area contributed by atoms with Crippen molar-refractivity contribution < 1.29 is 14.3 Å². The second-order valence-electron chi connectivity index (χ2n) is 5.03. The summed E-state index contributed by atoms with van der Waals surface area (Å²) >= 11 is 0. The normalized spacial score (nSPS) is 16.6. The first kappa shape index (κ1) is 14.5. The van der Waals surface area contributed by atoms with Crippen LogP contribution in [0.5, 0.6) is 0 Å². The van der Waals surface area contributed by atoms with E-state index in [1.807, 2.05) is 31.2 Å². The fourth-order valence-corrected chi connectivity index (χ4v) is 2.33. The van der Waals surface area contributed by atoms with Gasteiger partial charge in [-0.1, -0.05) is 18.2 Å². The largest absolute Gasteiger partial charge is 0.383 e. The van der Waals surface area contributed by atoms with Gasteiger partial charge in [0.1, 0.15) is 0 Å². The summed E-state index contributed by atoms with van der Waals surface area (Å²) in [7, 11) is 1.66. The molecule has 5 heteroatoms. The van der Waals surface area contributed by atoms with Crippen molar-refractivity contribution in [1.29, 1.82) is 0 Å². The lowest BCUT2D eigenvalue weighted by molar-refractivity contribution is -0.139. The number of nitrogens with one attached hydrogen (secondary N) is 1. The maximum atomic E-state index is 11.7. The summed E-state index contributed by atoms with van der Waals surface area (Å²) in [5.41, 5.74) is 1.88. The molecule has 0 aromatic heterocycles. The quantitative estimate of drug-likeness (QED) is 0.805. The number of rotatable bonds is 6. The lowest BCUT2D eigenvalue weighted by Crippen LogP contribution is -2.29. The Morgan fingerprint density at radius 3 is 2.55 bits per heavy atom. The number of hydrogen-bond donors (Lipinski definition) is 1. The number of benzene rings is 1. The molecule has 1 aromatic rings. The molecule has 0 radical (unpaired) electrons. The van der Waals surface area contributed by atoms with E-state index < -0.39 is 0 Å². The first-order valence-electron chi connectivity index (χ1n) is 6.78. The summed E-state index contributed by atoms with van der Waals surface area (Å²) < 4.78 is 5.10. The van der Waals surface area contributed by atoms with Gasteiger partial charge < -0.3 is 10.1 Å². The molecular formula is C15H20N2O3. The minimum atomic E-state index is -0.0882. The number of methoxy groups -OCH3 is 1. The maximum absolute atomic E-state index is 11.7. The number of nitrogens with zero attached hydrogens (tertiary/aromatic N) is 1. The topological polar surface area (TPSA) is 58.6 Å². The molecule has 0 aliphatic carbocycles. The lowest BCUT2D eigenvalue weighted by atomic mass is 10.1. The third kappa shape index (κ3) is 3.36. The van der Waals surface area contributed by atoms with Gasteiger partial charge in [-0.05, 0) is 18.6 Å². The van der Waals surface area contributed by atoms with Gasteiger partial charge in [-0.15, -0.1) is 0 Å². The molecular weight excluding hydrogens is 256 g/mol. The number of amides is 2. The minimum Gasteiger partial charge on any atom is -0.383 e. The Kier molecular flexibility index (Phi) is 4.74. The summed E-state index contributed by atoms with van der Waals surface area (Å²) in [6.07, 6.45) is 0.656. The van der Waals surface area contributed by atoms with Gasteiger partial charge in [0.15, 0.2) is 0 Å². The number of anilines is 1. The molecule has 1 aliphatic heterocycles. The van der Waals surface area contributed by atoms with E-state index in [0.717, 1.165) is 11.3 Å². The van der Waals surface area contributed by atoms with Gasteiger partial charge in [0.2, 0.25) is 11.8 Å². The molecule has 1 heterocycles. The molecule has 2 rings (SSSR count). The zero-order valence-electron chi connectivity index (χ0n) is 11.9. The first-order valence-corrected chi connectivity index (χ1v) is 6.78. The smallest absolute Gasteiger partial charge is 0.229 e. The Balaban J connectivity index is 2.11. The van der Waals surface area contributed by atoms with Gasteiger partial charge in [0.05, 0.1) is 13.2 Å². The van der Waals surface area contributed by atoms with E-state index in [9.17, 15) is 9.59 Å². The number of carbonyl (C=O) groups is 2. The van der Waals surface area contributed by atoms with E-state index >= 15 is 0 Å². The van der Waals surface area contributed by atoms with E-state index in [1.165, 1.54) is 4.90 Å². The van der Waals surface area contributed by atoms with E-state index in [4.69, 9.17) is 4.74 Å². The number of carbonyl (C=O) groups excluding carboxylic acids is 2. The van der Waals surface area contributed by atoms with E-state index in [1.54, 1.807) is 7.11 Å². The standard InChI is InChI=1S/C15H20N2O3/c1-11(10-20-2)16-13-6-4-3-5-12(13)9-17-14(18)7-8-15(17)19/h3-6,11,16H,7-10H2,1-2H3. The Labute approximate surface area is 118 Å². The average Bonchev–Trinajstić information content (AvgIpc) is 2.73. The minimum absolute atomic E-state index is 0.0882. The molecule has 1 aromatic carbocycles. The highest BCUT2D eigenvalue weighted by Gasteiger charge is 2.29. The molecule has 0 saturated carbocycles. The van der Waals surface area contributed by atoms with Crippen molar-refractivity contribution in [2.45, 2.75) is 32.4 Å². The highest BCUT2D eigenvalue weighted by molar-refractivity contribution is 6.01. The van der Waals surface area contributed by atoms with Crippen LogP contribution in [0.3, 0.4) is 0 Å². The van der Waals surface area contributed by atoms with Crippen molar-refractivity contribution >= 4 is 17.5 Å². The number of ether oxygens (including phenoxy) is 1. The summed E-state index contributed by atoms with van der Waals surface area (Å²) in [6.45, 7) is 2.95. The number of para-hydroxylation sites is 1. The zero-order valence-corrected chi connectivity index (χ0v) is 11.9. The van der Waals surface area contributed by atoms with Crippen LogP contribution in [0.15, 0.2) is 24.3 Å². The fraction of sp³-hybridized carbons (Fsp3) is 0.467. The fourth-order valence-electron chi connectivity index (χ4n) is 2.33. The molecule has 1 N–H and O–H groups in total. The van der Waals surface area contributed by atoms with Crippen LogP contribution in [-0.4, -0.2) is 36.5 Å². The molecule has 0 bridgehead atoms. The molecule has 20 heavy (non-hydrogen) atoms. The first-order chi connectivity index (χ1) is 9.61. The summed E-state index contributed by atoms with van der Waals surface area (Å²) in [4.78, 5) is 24.7. The molecule has 1 saturated heterocycles. The van der Waals surface area contributed by atoms with Crippen molar-refractivity contribution in [3.05, 3.63) is 29.8 Å². The second kappa shape index (κ2) is 6.52. The van der Waals surface area contributed by atoms with Crippen LogP contribution < -0.4 is 5.32 Å². The monoisotopic (exact) mass is 276 g/mol. The molecule has 5 nitrogen and oxygen atoms in total. The van der Waals surface area contributed by atoms with Crippen LogP contribution >= 0.6 is 0 Å². The second-order valence-corrected chi connectivity index (χ2v) is 5.03. The molecule has 0 spiro atoms. The maximum Gasteiger partial charge on any atom is 0.229 e. The third-order valence-electron chi connectivity index (χ3n) is 3.32. The van der Waals surface area contributed by atoms with Crippen LogP contribution in [0.1, 0.15) is 25.3 Å².